The highest BCUT2D eigenvalue weighted by Crippen LogP contribution is 2.30. The molecule has 0 saturated heterocycles. The van der Waals surface area contributed by atoms with Crippen LogP contribution in [0, 0.1) is 0 Å². The van der Waals surface area contributed by atoms with Crippen LogP contribution in [0.4, 0.5) is 5.69 Å². The topological polar surface area (TPSA) is 42.0 Å². The zero-order chi connectivity index (χ0) is 18.5. The summed E-state index contributed by atoms with van der Waals surface area (Å²) in [6.07, 6.45) is 2.29. The monoisotopic (exact) mass is 372 g/mol. The van der Waals surface area contributed by atoms with Crippen molar-refractivity contribution in [2.75, 3.05) is 5.32 Å². The molecule has 4 aromatic rings. The van der Waals surface area contributed by atoms with E-state index in [2.05, 4.69) is 28.5 Å². The molecule has 4 heteroatoms. The first-order valence-corrected chi connectivity index (χ1v) is 9.89. The normalized spacial score (nSPS) is 10.8. The number of hydrogen-bond acceptors (Lipinski definition) is 3. The van der Waals surface area contributed by atoms with Crippen molar-refractivity contribution in [3.8, 4) is 10.6 Å². The van der Waals surface area contributed by atoms with Crippen LogP contribution >= 0.6 is 11.3 Å². The lowest BCUT2D eigenvalue weighted by atomic mass is 10.1. The van der Waals surface area contributed by atoms with Crippen molar-refractivity contribution in [1.29, 1.82) is 0 Å². The van der Waals surface area contributed by atoms with Crippen molar-refractivity contribution in [2.24, 2.45) is 0 Å². The van der Waals surface area contributed by atoms with Crippen molar-refractivity contribution in [3.05, 3.63) is 84.4 Å². The molecular weight excluding hydrogens is 352 g/mol. The molecule has 1 N–H and O–H groups in total. The summed E-state index contributed by atoms with van der Waals surface area (Å²) in [5.41, 5.74) is 4.18. The fourth-order valence-electron chi connectivity index (χ4n) is 3.01. The molecule has 3 nitrogen and oxygen atoms in total. The van der Waals surface area contributed by atoms with Crippen molar-refractivity contribution >= 4 is 33.1 Å². The molecule has 134 valence electrons. The van der Waals surface area contributed by atoms with Crippen LogP contribution in [0.2, 0.25) is 0 Å². The number of nitrogens with one attached hydrogen (secondary N) is 1. The molecule has 0 fully saturated rings. The van der Waals surface area contributed by atoms with Gasteiger partial charge in [-0.1, -0.05) is 42.5 Å². The van der Waals surface area contributed by atoms with E-state index in [-0.39, 0.29) is 5.91 Å². The minimum atomic E-state index is 0.0543. The number of amides is 1. The number of nitrogens with zero attached hydrogens (tertiary/aromatic N) is 1. The fourth-order valence-corrected chi connectivity index (χ4v) is 3.98. The maximum Gasteiger partial charge on any atom is 0.224 e. The van der Waals surface area contributed by atoms with Crippen LogP contribution in [-0.4, -0.2) is 10.9 Å². The number of aryl methyl sites for hydroxylation is 1. The van der Waals surface area contributed by atoms with Gasteiger partial charge in [0.2, 0.25) is 5.91 Å². The SMILES string of the molecule is O=C(CCCc1ccccc1)Nc1ccc(-c2nc3ccccc3s2)cc1. The molecule has 0 saturated carbocycles. The Bertz CT molecular complexity index is 1010. The Morgan fingerprint density at radius 2 is 1.63 bits per heavy atom. The lowest BCUT2D eigenvalue weighted by molar-refractivity contribution is -0.116. The summed E-state index contributed by atoms with van der Waals surface area (Å²) < 4.78 is 1.18. The molecule has 0 aliphatic heterocycles. The first-order valence-electron chi connectivity index (χ1n) is 9.08. The predicted octanol–water partition coefficient (Wildman–Crippen LogP) is 5.92. The number of para-hydroxylation sites is 1. The molecule has 1 aromatic heterocycles. The highest BCUT2D eigenvalue weighted by molar-refractivity contribution is 7.21. The highest BCUT2D eigenvalue weighted by atomic mass is 32.1. The average Bonchev–Trinajstić information content (AvgIpc) is 3.13. The maximum absolute atomic E-state index is 12.2. The van der Waals surface area contributed by atoms with Gasteiger partial charge in [-0.05, 0) is 54.8 Å². The summed E-state index contributed by atoms with van der Waals surface area (Å²) in [5, 5.41) is 3.97. The van der Waals surface area contributed by atoms with Crippen LogP contribution in [0.15, 0.2) is 78.9 Å². The summed E-state index contributed by atoms with van der Waals surface area (Å²) in [5.74, 6) is 0.0543. The molecule has 0 atom stereocenters. The summed E-state index contributed by atoms with van der Waals surface area (Å²) in [6.45, 7) is 0. The maximum atomic E-state index is 12.2. The molecule has 0 radical (unpaired) electrons. The molecule has 1 heterocycles. The molecule has 27 heavy (non-hydrogen) atoms. The van der Waals surface area contributed by atoms with Crippen LogP contribution in [0.5, 0.6) is 0 Å². The first kappa shape index (κ1) is 17.4. The molecule has 0 aliphatic carbocycles. The standard InChI is InChI=1S/C23H20N2OS/c26-22(12-6-9-17-7-2-1-3-8-17)24-19-15-13-18(14-16-19)23-25-20-10-4-5-11-21(20)27-23/h1-5,7-8,10-11,13-16H,6,9,12H2,(H,24,26). The number of anilines is 1. The number of thiazole rings is 1. The number of fused-ring (bicyclic) bond motifs is 1. The second-order valence-corrected chi connectivity index (χ2v) is 7.48. The number of benzene rings is 3. The molecular formula is C23H20N2OS. The van der Waals surface area contributed by atoms with E-state index >= 15 is 0 Å². The summed E-state index contributed by atoms with van der Waals surface area (Å²) in [4.78, 5) is 16.8. The molecule has 0 aliphatic rings. The molecule has 1 amide bonds. The zero-order valence-electron chi connectivity index (χ0n) is 14.9. The van der Waals surface area contributed by atoms with E-state index in [1.54, 1.807) is 11.3 Å². The van der Waals surface area contributed by atoms with E-state index in [9.17, 15) is 4.79 Å². The Labute approximate surface area is 162 Å². The number of aromatic nitrogens is 1. The van der Waals surface area contributed by atoms with E-state index in [0.717, 1.165) is 34.6 Å². The summed E-state index contributed by atoms with van der Waals surface area (Å²) >= 11 is 1.68. The molecule has 4 rings (SSSR count). The Morgan fingerprint density at radius 3 is 2.41 bits per heavy atom. The highest BCUT2D eigenvalue weighted by Gasteiger charge is 2.07. The van der Waals surface area contributed by atoms with Crippen molar-refractivity contribution in [3.63, 3.8) is 0 Å². The fraction of sp³-hybridized carbons (Fsp3) is 0.130. The molecule has 0 unspecified atom stereocenters. The van der Waals surface area contributed by atoms with Gasteiger partial charge in [0.1, 0.15) is 5.01 Å². The molecule has 0 bridgehead atoms. The Balaban J connectivity index is 1.34. The minimum absolute atomic E-state index is 0.0543. The van der Waals surface area contributed by atoms with Gasteiger partial charge in [0.25, 0.3) is 0 Å². The van der Waals surface area contributed by atoms with E-state index in [0.29, 0.717) is 6.42 Å². The van der Waals surface area contributed by atoms with Gasteiger partial charge in [0.15, 0.2) is 0 Å². The van der Waals surface area contributed by atoms with Crippen molar-refractivity contribution in [1.82, 2.24) is 4.98 Å². The number of hydrogen-bond donors (Lipinski definition) is 1. The van der Waals surface area contributed by atoms with Gasteiger partial charge in [-0.2, -0.15) is 0 Å². The minimum Gasteiger partial charge on any atom is -0.326 e. The van der Waals surface area contributed by atoms with Crippen LogP contribution in [0.3, 0.4) is 0 Å². The van der Waals surface area contributed by atoms with E-state index in [4.69, 9.17) is 0 Å². The first-order chi connectivity index (χ1) is 13.3. The van der Waals surface area contributed by atoms with Gasteiger partial charge in [0, 0.05) is 17.7 Å². The second kappa shape index (κ2) is 8.14. The number of rotatable bonds is 6. The van der Waals surface area contributed by atoms with Gasteiger partial charge >= 0.3 is 0 Å². The lowest BCUT2D eigenvalue weighted by Crippen LogP contribution is -2.11. The third-order valence-electron chi connectivity index (χ3n) is 4.42. The third-order valence-corrected chi connectivity index (χ3v) is 5.51. The quantitative estimate of drug-likeness (QED) is 0.456. The van der Waals surface area contributed by atoms with Gasteiger partial charge in [-0.25, -0.2) is 4.98 Å². The van der Waals surface area contributed by atoms with Crippen molar-refractivity contribution in [2.45, 2.75) is 19.3 Å². The van der Waals surface area contributed by atoms with Crippen LogP contribution in [0.25, 0.3) is 20.8 Å². The zero-order valence-corrected chi connectivity index (χ0v) is 15.7. The van der Waals surface area contributed by atoms with Gasteiger partial charge in [-0.3, -0.25) is 4.79 Å². The number of carbonyl (C=O) groups is 1. The van der Waals surface area contributed by atoms with Crippen LogP contribution in [-0.2, 0) is 11.2 Å². The van der Waals surface area contributed by atoms with Gasteiger partial charge in [-0.15, -0.1) is 11.3 Å². The van der Waals surface area contributed by atoms with Crippen molar-refractivity contribution < 1.29 is 4.79 Å². The average molecular weight is 372 g/mol. The van der Waals surface area contributed by atoms with E-state index in [1.807, 2.05) is 60.7 Å². The largest absolute Gasteiger partial charge is 0.326 e. The Kier molecular flexibility index (Phi) is 5.26. The van der Waals surface area contributed by atoms with Gasteiger partial charge < -0.3 is 5.32 Å². The number of carbonyl (C=O) groups excluding carboxylic acids is 1. The smallest absolute Gasteiger partial charge is 0.224 e. The summed E-state index contributed by atoms with van der Waals surface area (Å²) in [6, 6.07) is 26.3. The Morgan fingerprint density at radius 1 is 0.889 bits per heavy atom. The second-order valence-electron chi connectivity index (χ2n) is 6.45. The van der Waals surface area contributed by atoms with Gasteiger partial charge in [0.05, 0.1) is 10.2 Å². The third kappa shape index (κ3) is 4.41. The summed E-state index contributed by atoms with van der Waals surface area (Å²) in [7, 11) is 0. The van der Waals surface area contributed by atoms with E-state index < -0.39 is 0 Å². The predicted molar refractivity (Wildman–Crippen MR) is 113 cm³/mol. The lowest BCUT2D eigenvalue weighted by Gasteiger charge is -2.06. The van der Waals surface area contributed by atoms with E-state index in [1.165, 1.54) is 10.3 Å². The van der Waals surface area contributed by atoms with Crippen LogP contribution < -0.4 is 5.32 Å². The van der Waals surface area contributed by atoms with Crippen LogP contribution in [0.1, 0.15) is 18.4 Å². The molecule has 0 spiro atoms. The Hall–Kier alpha value is -2.98. The molecule has 3 aromatic carbocycles.